The average Bonchev–Trinajstić information content (AvgIpc) is 3.50. The van der Waals surface area contributed by atoms with Crippen molar-refractivity contribution in [3.63, 3.8) is 0 Å². The molecule has 0 spiro atoms. The third-order valence-electron chi connectivity index (χ3n) is 7.95. The molecule has 2 aliphatic rings. The Bertz CT molecular complexity index is 1780. The molecule has 0 aliphatic carbocycles. The number of carbonyl (C=O) groups is 1. The largest absolute Gasteiger partial charge is 0.465 e. The van der Waals surface area contributed by atoms with Gasteiger partial charge in [0.25, 0.3) is 25.8 Å². The summed E-state index contributed by atoms with van der Waals surface area (Å²) in [6, 6.07) is 6.43. The van der Waals surface area contributed by atoms with E-state index in [2.05, 4.69) is 4.98 Å². The number of aryl methyl sites for hydroxylation is 1. The molecule has 1 aromatic heterocycles. The molecule has 1 unspecified atom stereocenters. The molecule has 0 saturated carbocycles. The van der Waals surface area contributed by atoms with Gasteiger partial charge in [-0.25, -0.2) is 4.79 Å². The van der Waals surface area contributed by atoms with Crippen molar-refractivity contribution in [3.05, 3.63) is 67.4 Å². The number of nitrogens with zero attached hydrogens (tertiary/aromatic N) is 1. The number of aliphatic hydroxyl groups excluding tert-OH is 2. The van der Waals surface area contributed by atoms with Crippen LogP contribution >= 0.6 is 11.6 Å². The molecular formula is C28H37ClN2O15S2. The second-order valence-corrected chi connectivity index (χ2v) is 15.5. The molecule has 2 aliphatic heterocycles. The monoisotopic (exact) mass is 740 g/mol. The van der Waals surface area contributed by atoms with E-state index in [0.717, 1.165) is 30.2 Å². The summed E-state index contributed by atoms with van der Waals surface area (Å²) in [5.74, 6) is -1.99. The molecule has 0 amide bonds. The normalized spacial score (nSPS) is 27.3. The van der Waals surface area contributed by atoms with E-state index in [-0.39, 0.29) is 12.2 Å². The van der Waals surface area contributed by atoms with E-state index in [1.54, 1.807) is 24.3 Å². The highest BCUT2D eigenvalue weighted by molar-refractivity contribution is 7.86. The van der Waals surface area contributed by atoms with Crippen LogP contribution in [-0.4, -0.2) is 112 Å². The zero-order valence-corrected chi connectivity index (χ0v) is 28.7. The van der Waals surface area contributed by atoms with E-state index in [4.69, 9.17) is 38.9 Å². The molecule has 48 heavy (non-hydrogen) atoms. The maximum Gasteiger partial charge on any atom is 0.330 e. The van der Waals surface area contributed by atoms with Gasteiger partial charge in [-0.1, -0.05) is 23.7 Å². The highest BCUT2D eigenvalue weighted by atomic mass is 35.5. The van der Waals surface area contributed by atoms with Crippen molar-refractivity contribution in [2.45, 2.75) is 62.6 Å². The van der Waals surface area contributed by atoms with Gasteiger partial charge in [0.15, 0.2) is 5.72 Å². The molecule has 17 nitrogen and oxygen atoms in total. The van der Waals surface area contributed by atoms with Crippen LogP contribution in [0.3, 0.4) is 0 Å². The lowest BCUT2D eigenvalue weighted by Crippen LogP contribution is -2.55. The molecule has 2 aromatic rings. The van der Waals surface area contributed by atoms with Gasteiger partial charge in [0.05, 0.1) is 44.4 Å². The maximum atomic E-state index is 13.4. The molecule has 0 radical (unpaired) electrons. The van der Waals surface area contributed by atoms with Crippen LogP contribution in [0.25, 0.3) is 0 Å². The number of nitrogens with one attached hydrogen (secondary N) is 1. The topological polar surface area (TPSA) is 236 Å². The van der Waals surface area contributed by atoms with Crippen LogP contribution in [0.5, 0.6) is 0 Å². The molecule has 20 heteroatoms. The van der Waals surface area contributed by atoms with Gasteiger partial charge in [0.1, 0.15) is 37.1 Å². The predicted molar refractivity (Wildman–Crippen MR) is 166 cm³/mol. The van der Waals surface area contributed by atoms with Crippen LogP contribution in [0.15, 0.2) is 40.1 Å². The van der Waals surface area contributed by atoms with Crippen LogP contribution in [0.2, 0.25) is 5.02 Å². The Morgan fingerprint density at radius 1 is 1.08 bits per heavy atom. The third-order valence-corrected chi connectivity index (χ3v) is 9.30. The molecule has 3 N–H and O–H groups in total. The molecule has 2 saturated heterocycles. The molecule has 6 atom stereocenters. The minimum atomic E-state index is -4.22. The predicted octanol–water partition coefficient (Wildman–Crippen LogP) is -0.852. The molecule has 2 fully saturated rings. The van der Waals surface area contributed by atoms with Gasteiger partial charge in [-0.05, 0) is 24.6 Å². The van der Waals surface area contributed by atoms with Gasteiger partial charge in [0, 0.05) is 30.1 Å². The SMILES string of the molecule is CC(=O)OC[C@H]1C([C@]2(n3cc(C)c(=O)[nH]c3=O)C[C@H](O)[C@@H](CO)O2)OC(COS(C)(=O)=O)(COS(C)(=O)=O)[C@H]1OCc1ccc(Cl)cc1. The number of H-pyrrole nitrogens is 1. The Labute approximate surface area is 280 Å². The van der Waals surface area contributed by atoms with Gasteiger partial charge in [-0.3, -0.25) is 27.5 Å². The Hall–Kier alpha value is -2.72. The zero-order valence-electron chi connectivity index (χ0n) is 26.4. The van der Waals surface area contributed by atoms with E-state index in [1.165, 1.54) is 6.92 Å². The summed E-state index contributed by atoms with van der Waals surface area (Å²) in [6.07, 6.45) is -3.54. The summed E-state index contributed by atoms with van der Waals surface area (Å²) in [4.78, 5) is 40.0. The highest BCUT2D eigenvalue weighted by Gasteiger charge is 2.67. The van der Waals surface area contributed by atoms with Gasteiger partial charge in [0.2, 0.25) is 0 Å². The number of carbonyl (C=O) groups excluding carboxylic acids is 1. The highest BCUT2D eigenvalue weighted by Crippen LogP contribution is 2.50. The van der Waals surface area contributed by atoms with Crippen molar-refractivity contribution in [3.8, 4) is 0 Å². The minimum Gasteiger partial charge on any atom is -0.465 e. The lowest BCUT2D eigenvalue weighted by molar-refractivity contribution is -0.224. The third kappa shape index (κ3) is 8.70. The number of ether oxygens (including phenoxy) is 4. The number of esters is 1. The summed E-state index contributed by atoms with van der Waals surface area (Å²) < 4.78 is 84.8. The smallest absolute Gasteiger partial charge is 0.330 e. The number of aromatic nitrogens is 2. The summed E-state index contributed by atoms with van der Waals surface area (Å²) in [6.45, 7) is -0.760. The quantitative estimate of drug-likeness (QED) is 0.158. The van der Waals surface area contributed by atoms with Crippen LogP contribution in [0, 0.1) is 12.8 Å². The lowest BCUT2D eigenvalue weighted by atomic mass is 9.84. The van der Waals surface area contributed by atoms with Gasteiger partial charge in [-0.15, -0.1) is 0 Å². The standard InChI is InChI=1S/C28H37ClN2O15S2/c1-16-10-31(26(36)30-25(16)35)28(9-21(34)22(11-32)45-28)24-20(13-41-17(2)33)23(42-12-18-5-7-19(29)8-6-18)27(46-24,14-43-47(3,37)38)15-44-48(4,39)40/h5-8,10,20-24,32,34H,9,11-15H2,1-4H3,(H,30,35,36)/t20-,21+,22-,23+,24?,28+/m1/s1. The van der Waals surface area contributed by atoms with Gasteiger partial charge < -0.3 is 29.2 Å². The molecule has 3 heterocycles. The van der Waals surface area contributed by atoms with Crippen LogP contribution in [0.1, 0.15) is 24.5 Å². The first-order valence-corrected chi connectivity index (χ1v) is 18.5. The van der Waals surface area contributed by atoms with E-state index < -0.39 is 112 Å². The zero-order chi connectivity index (χ0) is 35.7. The van der Waals surface area contributed by atoms with Crippen molar-refractivity contribution in [1.29, 1.82) is 0 Å². The maximum absolute atomic E-state index is 13.4. The molecular weight excluding hydrogens is 704 g/mol. The lowest BCUT2D eigenvalue weighted by Gasteiger charge is -2.39. The minimum absolute atomic E-state index is 0.0386. The van der Waals surface area contributed by atoms with Crippen molar-refractivity contribution in [1.82, 2.24) is 9.55 Å². The van der Waals surface area contributed by atoms with Gasteiger partial charge >= 0.3 is 11.7 Å². The number of rotatable bonds is 14. The number of halogens is 1. The Kier molecular flexibility index (Phi) is 11.6. The average molecular weight is 741 g/mol. The van der Waals surface area contributed by atoms with Crippen LogP contribution in [-0.2, 0) is 64.7 Å². The summed E-state index contributed by atoms with van der Waals surface area (Å²) >= 11 is 6.02. The Balaban J connectivity index is 1.98. The van der Waals surface area contributed by atoms with Crippen molar-refractivity contribution in [2.75, 3.05) is 38.9 Å². The van der Waals surface area contributed by atoms with Crippen molar-refractivity contribution < 1.29 is 59.2 Å². The Morgan fingerprint density at radius 2 is 1.69 bits per heavy atom. The fraction of sp³-hybridized carbons (Fsp3) is 0.607. The van der Waals surface area contributed by atoms with E-state index >= 15 is 0 Å². The second-order valence-electron chi connectivity index (χ2n) is 11.8. The van der Waals surface area contributed by atoms with Gasteiger partial charge in [-0.2, -0.15) is 16.8 Å². The second kappa shape index (κ2) is 14.6. The summed E-state index contributed by atoms with van der Waals surface area (Å²) in [5.41, 5.74) is -5.39. The fourth-order valence-electron chi connectivity index (χ4n) is 5.80. The van der Waals surface area contributed by atoms with E-state index in [1.807, 2.05) is 0 Å². The molecule has 268 valence electrons. The van der Waals surface area contributed by atoms with Crippen LogP contribution < -0.4 is 11.2 Å². The van der Waals surface area contributed by atoms with Crippen molar-refractivity contribution in [2.24, 2.45) is 5.92 Å². The number of aromatic amines is 1. The van der Waals surface area contributed by atoms with Crippen LogP contribution in [0.4, 0.5) is 0 Å². The fourth-order valence-corrected chi connectivity index (χ4v) is 6.76. The Morgan fingerprint density at radius 3 is 2.21 bits per heavy atom. The molecule has 0 bridgehead atoms. The summed E-state index contributed by atoms with van der Waals surface area (Å²) in [5, 5.41) is 21.5. The first kappa shape index (κ1) is 38.1. The molecule has 1 aromatic carbocycles. The van der Waals surface area contributed by atoms with E-state index in [9.17, 15) is 41.4 Å². The number of hydrogen-bond acceptors (Lipinski definition) is 15. The first-order chi connectivity index (χ1) is 22.3. The van der Waals surface area contributed by atoms with E-state index in [0.29, 0.717) is 10.6 Å². The van der Waals surface area contributed by atoms with Crippen molar-refractivity contribution >= 4 is 37.8 Å². The first-order valence-electron chi connectivity index (χ1n) is 14.4. The number of hydrogen-bond donors (Lipinski definition) is 3. The number of aliphatic hydroxyl groups is 2. The summed E-state index contributed by atoms with van der Waals surface area (Å²) in [7, 11) is -8.45. The number of benzene rings is 1. The molecule has 4 rings (SSSR count).